The first kappa shape index (κ1) is 15.3. The highest BCUT2D eigenvalue weighted by Gasteiger charge is 2.11. The fraction of sp³-hybridized carbons (Fsp3) is 0.353. The smallest absolute Gasteiger partial charge is 0.165 e. The number of aromatic nitrogens is 1. The Kier molecular flexibility index (Phi) is 5.58. The molecule has 0 saturated carbocycles. The average molecular weight is 286 g/mol. The maximum absolute atomic E-state index is 5.59. The lowest BCUT2D eigenvalue weighted by atomic mass is 10.1. The quantitative estimate of drug-likeness (QED) is 0.847. The van der Waals surface area contributed by atoms with Crippen LogP contribution >= 0.6 is 0 Å². The van der Waals surface area contributed by atoms with Gasteiger partial charge in [-0.2, -0.15) is 0 Å². The maximum Gasteiger partial charge on any atom is 0.165 e. The molecule has 112 valence electrons. The first-order chi connectivity index (χ1) is 10.3. The first-order valence-corrected chi connectivity index (χ1v) is 7.19. The summed E-state index contributed by atoms with van der Waals surface area (Å²) in [7, 11) is 1.67. The highest BCUT2D eigenvalue weighted by atomic mass is 16.5. The number of hydrogen-bond acceptors (Lipinski definition) is 4. The second-order valence-electron chi connectivity index (χ2n) is 4.74. The van der Waals surface area contributed by atoms with E-state index in [0.29, 0.717) is 13.2 Å². The van der Waals surface area contributed by atoms with Crippen LogP contribution in [0.3, 0.4) is 0 Å². The van der Waals surface area contributed by atoms with Gasteiger partial charge in [0.2, 0.25) is 0 Å². The topological polar surface area (TPSA) is 43.4 Å². The van der Waals surface area contributed by atoms with Crippen molar-refractivity contribution in [3.05, 3.63) is 53.9 Å². The molecule has 0 amide bonds. The van der Waals surface area contributed by atoms with Crippen molar-refractivity contribution in [1.82, 2.24) is 10.3 Å². The van der Waals surface area contributed by atoms with Crippen molar-refractivity contribution in [2.45, 2.75) is 26.4 Å². The SMILES string of the molecule is CCOc1cccc(CN[C@H](C)c2ccccn2)c1OC. The van der Waals surface area contributed by atoms with E-state index in [9.17, 15) is 0 Å². The van der Waals surface area contributed by atoms with Crippen LogP contribution in [0.25, 0.3) is 0 Å². The molecule has 0 unspecified atom stereocenters. The third kappa shape index (κ3) is 3.95. The summed E-state index contributed by atoms with van der Waals surface area (Å²) >= 11 is 0. The number of pyridine rings is 1. The van der Waals surface area contributed by atoms with Gasteiger partial charge in [0.05, 0.1) is 19.4 Å². The fourth-order valence-corrected chi connectivity index (χ4v) is 2.20. The Balaban J connectivity index is 2.07. The van der Waals surface area contributed by atoms with Gasteiger partial charge in [0.25, 0.3) is 0 Å². The van der Waals surface area contributed by atoms with E-state index in [1.807, 2.05) is 49.5 Å². The van der Waals surface area contributed by atoms with Crippen molar-refractivity contribution in [2.24, 2.45) is 0 Å². The Bertz CT molecular complexity index is 558. The zero-order chi connectivity index (χ0) is 15.1. The van der Waals surface area contributed by atoms with Crippen LogP contribution in [0.15, 0.2) is 42.6 Å². The number of nitrogens with one attached hydrogen (secondary N) is 1. The number of hydrogen-bond donors (Lipinski definition) is 1. The molecular formula is C17H22N2O2. The lowest BCUT2D eigenvalue weighted by Gasteiger charge is -2.17. The number of ether oxygens (including phenoxy) is 2. The van der Waals surface area contributed by atoms with Gasteiger partial charge in [-0.1, -0.05) is 18.2 Å². The van der Waals surface area contributed by atoms with Gasteiger partial charge in [-0.15, -0.1) is 0 Å². The van der Waals surface area contributed by atoms with E-state index in [1.165, 1.54) is 0 Å². The van der Waals surface area contributed by atoms with Crippen molar-refractivity contribution in [3.8, 4) is 11.5 Å². The summed E-state index contributed by atoms with van der Waals surface area (Å²) in [6.45, 7) is 5.38. The number of para-hydroxylation sites is 1. The van der Waals surface area contributed by atoms with Crippen LogP contribution in [0.1, 0.15) is 31.1 Å². The first-order valence-electron chi connectivity index (χ1n) is 7.19. The predicted octanol–water partition coefficient (Wildman–Crippen LogP) is 3.34. The Labute approximate surface area is 126 Å². The van der Waals surface area contributed by atoms with E-state index >= 15 is 0 Å². The van der Waals surface area contributed by atoms with Crippen molar-refractivity contribution in [3.63, 3.8) is 0 Å². The molecule has 0 saturated heterocycles. The molecule has 4 nitrogen and oxygen atoms in total. The summed E-state index contributed by atoms with van der Waals surface area (Å²) in [6.07, 6.45) is 1.81. The van der Waals surface area contributed by atoms with Crippen LogP contribution in [0.5, 0.6) is 11.5 Å². The molecular weight excluding hydrogens is 264 g/mol. The van der Waals surface area contributed by atoms with E-state index in [0.717, 1.165) is 22.8 Å². The molecule has 4 heteroatoms. The second-order valence-corrected chi connectivity index (χ2v) is 4.74. The average Bonchev–Trinajstić information content (AvgIpc) is 2.54. The van der Waals surface area contributed by atoms with Gasteiger partial charge in [0.1, 0.15) is 0 Å². The summed E-state index contributed by atoms with van der Waals surface area (Å²) in [4.78, 5) is 4.36. The molecule has 1 heterocycles. The summed E-state index contributed by atoms with van der Waals surface area (Å²) in [5, 5.41) is 3.46. The molecule has 1 atom stereocenters. The van der Waals surface area contributed by atoms with Crippen molar-refractivity contribution in [2.75, 3.05) is 13.7 Å². The van der Waals surface area contributed by atoms with Crippen LogP contribution in [-0.2, 0) is 6.54 Å². The molecule has 2 rings (SSSR count). The molecule has 0 radical (unpaired) electrons. The number of benzene rings is 1. The Morgan fingerprint density at radius 3 is 2.71 bits per heavy atom. The van der Waals surface area contributed by atoms with Crippen LogP contribution < -0.4 is 14.8 Å². The minimum absolute atomic E-state index is 0.173. The molecule has 21 heavy (non-hydrogen) atoms. The highest BCUT2D eigenvalue weighted by Crippen LogP contribution is 2.31. The van der Waals surface area contributed by atoms with Gasteiger partial charge in [-0.3, -0.25) is 4.98 Å². The van der Waals surface area contributed by atoms with Crippen molar-refractivity contribution < 1.29 is 9.47 Å². The maximum atomic E-state index is 5.59. The lowest BCUT2D eigenvalue weighted by molar-refractivity contribution is 0.308. The normalized spacial score (nSPS) is 12.0. The number of nitrogens with zero attached hydrogens (tertiary/aromatic N) is 1. The second kappa shape index (κ2) is 7.64. The number of methoxy groups -OCH3 is 1. The van der Waals surface area contributed by atoms with Crippen LogP contribution in [0, 0.1) is 0 Å². The highest BCUT2D eigenvalue weighted by molar-refractivity contribution is 5.46. The molecule has 0 aliphatic rings. The largest absolute Gasteiger partial charge is 0.493 e. The third-order valence-electron chi connectivity index (χ3n) is 3.29. The van der Waals surface area contributed by atoms with Crippen molar-refractivity contribution in [1.29, 1.82) is 0 Å². The standard InChI is InChI=1S/C17H22N2O2/c1-4-21-16-10-7-8-14(17(16)20-3)12-19-13(2)15-9-5-6-11-18-15/h5-11,13,19H,4,12H2,1-3H3/t13-/m1/s1. The molecule has 2 aromatic rings. The molecule has 0 spiro atoms. The molecule has 0 fully saturated rings. The lowest BCUT2D eigenvalue weighted by Crippen LogP contribution is -2.19. The molecule has 1 aromatic heterocycles. The third-order valence-corrected chi connectivity index (χ3v) is 3.29. The van der Waals surface area contributed by atoms with Gasteiger partial charge in [-0.25, -0.2) is 0 Å². The molecule has 0 aliphatic heterocycles. The zero-order valence-electron chi connectivity index (χ0n) is 12.8. The summed E-state index contributed by atoms with van der Waals surface area (Å²) in [5.74, 6) is 1.57. The van der Waals surface area contributed by atoms with E-state index in [4.69, 9.17) is 9.47 Å². The summed E-state index contributed by atoms with van der Waals surface area (Å²) < 4.78 is 11.1. The van der Waals surface area contributed by atoms with E-state index in [-0.39, 0.29) is 6.04 Å². The predicted molar refractivity (Wildman–Crippen MR) is 83.7 cm³/mol. The molecule has 1 aromatic carbocycles. The number of rotatable bonds is 7. The van der Waals surface area contributed by atoms with Crippen LogP contribution in [-0.4, -0.2) is 18.7 Å². The Morgan fingerprint density at radius 2 is 2.05 bits per heavy atom. The molecule has 0 aliphatic carbocycles. The van der Waals surface area contributed by atoms with Gasteiger partial charge in [0.15, 0.2) is 11.5 Å². The minimum Gasteiger partial charge on any atom is -0.493 e. The molecule has 1 N–H and O–H groups in total. The fourth-order valence-electron chi connectivity index (χ4n) is 2.20. The van der Waals surface area contributed by atoms with E-state index < -0.39 is 0 Å². The summed E-state index contributed by atoms with van der Waals surface area (Å²) in [6, 6.07) is 12.1. The van der Waals surface area contributed by atoms with Crippen LogP contribution in [0.2, 0.25) is 0 Å². The zero-order valence-corrected chi connectivity index (χ0v) is 12.8. The van der Waals surface area contributed by atoms with Gasteiger partial charge in [-0.05, 0) is 32.0 Å². The molecule has 0 bridgehead atoms. The van der Waals surface area contributed by atoms with Gasteiger partial charge < -0.3 is 14.8 Å². The minimum atomic E-state index is 0.173. The van der Waals surface area contributed by atoms with Gasteiger partial charge in [0, 0.05) is 24.3 Å². The van der Waals surface area contributed by atoms with E-state index in [1.54, 1.807) is 7.11 Å². The summed E-state index contributed by atoms with van der Waals surface area (Å²) in [5.41, 5.74) is 2.10. The van der Waals surface area contributed by atoms with E-state index in [2.05, 4.69) is 17.2 Å². The van der Waals surface area contributed by atoms with Crippen LogP contribution in [0.4, 0.5) is 0 Å². The van der Waals surface area contributed by atoms with Gasteiger partial charge >= 0.3 is 0 Å². The Hall–Kier alpha value is -2.07. The monoisotopic (exact) mass is 286 g/mol. The van der Waals surface area contributed by atoms with Crippen molar-refractivity contribution >= 4 is 0 Å². The Morgan fingerprint density at radius 1 is 1.19 bits per heavy atom.